The first-order valence-electron chi connectivity index (χ1n) is 11.9. The molecule has 0 bridgehead atoms. The number of nitrogens with zero attached hydrogens (tertiary/aromatic N) is 1. The highest BCUT2D eigenvalue weighted by molar-refractivity contribution is 7.21. The minimum atomic E-state index is -0.601. The predicted octanol–water partition coefficient (Wildman–Crippen LogP) is 7.82. The maximum absolute atomic E-state index is 13.0. The average Bonchev–Trinajstić information content (AvgIpc) is 3.23. The smallest absolute Gasteiger partial charge is 0.355 e. The molecule has 9 heteroatoms. The van der Waals surface area contributed by atoms with E-state index >= 15 is 0 Å². The number of allylic oxidation sites excluding steroid dienone is 1. The van der Waals surface area contributed by atoms with Gasteiger partial charge in [0.1, 0.15) is 33.8 Å². The van der Waals surface area contributed by atoms with Crippen LogP contribution >= 0.6 is 34.5 Å². The molecule has 1 unspecified atom stereocenters. The van der Waals surface area contributed by atoms with Crippen molar-refractivity contribution in [1.82, 2.24) is 0 Å². The molecule has 0 saturated heterocycles. The van der Waals surface area contributed by atoms with Crippen molar-refractivity contribution in [1.29, 1.82) is 5.26 Å². The van der Waals surface area contributed by atoms with E-state index < -0.39 is 11.9 Å². The van der Waals surface area contributed by atoms with Crippen molar-refractivity contribution in [3.63, 3.8) is 0 Å². The topological polar surface area (TPSA) is 94.6 Å². The van der Waals surface area contributed by atoms with Crippen LogP contribution in [0.25, 0.3) is 10.1 Å². The lowest BCUT2D eigenvalue weighted by Crippen LogP contribution is -2.21. The fourth-order valence-corrected chi connectivity index (χ4v) is 5.98. The number of halogens is 2. The Kier molecular flexibility index (Phi) is 7.48. The molecule has 3 aromatic carbocycles. The first-order chi connectivity index (χ1) is 18.4. The summed E-state index contributed by atoms with van der Waals surface area (Å²) in [4.78, 5) is 13.3. The molecule has 38 heavy (non-hydrogen) atoms. The van der Waals surface area contributed by atoms with Crippen LogP contribution in [0.15, 0.2) is 72.1 Å². The maximum Gasteiger partial charge on any atom is 0.355 e. The SMILES string of the molecule is CCCCOc1ccccc1C1C(C#N)=C(N)Oc2cc(OC(=O)c3sc4cc(Cl)ccc4c3Cl)ccc21. The number of fused-ring (bicyclic) bond motifs is 2. The second kappa shape index (κ2) is 11.0. The highest BCUT2D eigenvalue weighted by atomic mass is 35.5. The fraction of sp³-hybridized carbons (Fsp3) is 0.172. The summed E-state index contributed by atoms with van der Waals surface area (Å²) in [6.07, 6.45) is 1.91. The number of carbonyl (C=O) groups excluding carboxylic acids is 1. The molecule has 6 nitrogen and oxygen atoms in total. The Labute approximate surface area is 233 Å². The number of nitrogens with two attached hydrogens (primary N) is 1. The maximum atomic E-state index is 13.0. The van der Waals surface area contributed by atoms with Gasteiger partial charge >= 0.3 is 5.97 Å². The van der Waals surface area contributed by atoms with Crippen LogP contribution < -0.4 is 19.9 Å². The molecule has 1 atom stereocenters. The summed E-state index contributed by atoms with van der Waals surface area (Å²) in [7, 11) is 0. The van der Waals surface area contributed by atoms with Crippen LogP contribution in [-0.2, 0) is 0 Å². The number of ether oxygens (including phenoxy) is 3. The lowest BCUT2D eigenvalue weighted by Gasteiger charge is -2.28. The number of esters is 1. The zero-order chi connectivity index (χ0) is 26.8. The molecule has 0 radical (unpaired) electrons. The number of unbranched alkanes of at least 4 members (excludes halogenated alkanes) is 1. The summed E-state index contributed by atoms with van der Waals surface area (Å²) >= 11 is 13.7. The summed E-state index contributed by atoms with van der Waals surface area (Å²) in [6.45, 7) is 2.65. The standard InChI is InChI=1S/C29H22Cl2N2O4S/c1-2-3-12-35-22-7-5-4-6-18(22)25-19-11-9-17(14-23(19)37-28(33)21(25)15-32)36-29(34)27-26(31)20-10-8-16(30)13-24(20)38-27/h4-11,13-14,25H,2-3,12,33H2,1H3. The normalized spacial score (nSPS) is 14.5. The van der Waals surface area contributed by atoms with Gasteiger partial charge in [0.25, 0.3) is 0 Å². The van der Waals surface area contributed by atoms with E-state index in [1.54, 1.807) is 36.4 Å². The van der Waals surface area contributed by atoms with Crippen molar-refractivity contribution in [2.24, 2.45) is 5.73 Å². The van der Waals surface area contributed by atoms with Crippen molar-refractivity contribution >= 4 is 50.6 Å². The predicted molar refractivity (Wildman–Crippen MR) is 149 cm³/mol. The first kappa shape index (κ1) is 25.9. The Morgan fingerprint density at radius 2 is 1.95 bits per heavy atom. The van der Waals surface area contributed by atoms with Crippen molar-refractivity contribution < 1.29 is 19.0 Å². The first-order valence-corrected chi connectivity index (χ1v) is 13.5. The lowest BCUT2D eigenvalue weighted by molar-refractivity contribution is 0.0740. The van der Waals surface area contributed by atoms with E-state index in [2.05, 4.69) is 13.0 Å². The van der Waals surface area contributed by atoms with E-state index in [1.807, 2.05) is 24.3 Å². The van der Waals surface area contributed by atoms with Gasteiger partial charge in [-0.25, -0.2) is 4.79 Å². The lowest BCUT2D eigenvalue weighted by atomic mass is 9.83. The van der Waals surface area contributed by atoms with E-state index in [0.717, 1.165) is 28.5 Å². The number of rotatable bonds is 7. The molecule has 0 saturated carbocycles. The second-order valence-electron chi connectivity index (χ2n) is 8.64. The molecule has 0 aliphatic carbocycles. The third kappa shape index (κ3) is 4.91. The molecule has 5 rings (SSSR count). The number of para-hydroxylation sites is 1. The van der Waals surface area contributed by atoms with Crippen molar-refractivity contribution in [2.45, 2.75) is 25.7 Å². The molecule has 0 spiro atoms. The van der Waals surface area contributed by atoms with Crippen LogP contribution in [0, 0.1) is 11.3 Å². The number of hydrogen-bond donors (Lipinski definition) is 1. The van der Waals surface area contributed by atoms with Gasteiger partial charge in [-0.1, -0.05) is 66.9 Å². The third-order valence-electron chi connectivity index (χ3n) is 6.16. The van der Waals surface area contributed by atoms with E-state index in [1.165, 1.54) is 11.3 Å². The second-order valence-corrected chi connectivity index (χ2v) is 10.5. The van der Waals surface area contributed by atoms with Crippen LogP contribution in [0.1, 0.15) is 46.5 Å². The number of carbonyl (C=O) groups is 1. The molecule has 4 aromatic rings. The van der Waals surface area contributed by atoms with Gasteiger partial charge in [0.05, 0.1) is 17.5 Å². The summed E-state index contributed by atoms with van der Waals surface area (Å²) < 4.78 is 18.3. The van der Waals surface area contributed by atoms with Gasteiger partial charge < -0.3 is 19.9 Å². The van der Waals surface area contributed by atoms with Crippen LogP contribution in [-0.4, -0.2) is 12.6 Å². The molecule has 0 fully saturated rings. The third-order valence-corrected chi connectivity index (χ3v) is 8.04. The zero-order valence-electron chi connectivity index (χ0n) is 20.3. The molecule has 1 aromatic heterocycles. The molecule has 192 valence electrons. The van der Waals surface area contributed by atoms with Crippen LogP contribution in [0.2, 0.25) is 10.0 Å². The van der Waals surface area contributed by atoms with Crippen LogP contribution in [0.3, 0.4) is 0 Å². The van der Waals surface area contributed by atoms with E-state index in [0.29, 0.717) is 33.7 Å². The Hall–Kier alpha value is -3.70. The largest absolute Gasteiger partial charge is 0.493 e. The van der Waals surface area contributed by atoms with Crippen molar-refractivity contribution in [3.8, 4) is 23.3 Å². The Morgan fingerprint density at radius 1 is 1.13 bits per heavy atom. The summed E-state index contributed by atoms with van der Waals surface area (Å²) in [5.41, 5.74) is 7.97. The average molecular weight is 565 g/mol. The minimum absolute atomic E-state index is 0.0127. The van der Waals surface area contributed by atoms with Gasteiger partial charge in [-0.05, 0) is 30.7 Å². The monoisotopic (exact) mass is 564 g/mol. The summed E-state index contributed by atoms with van der Waals surface area (Å²) in [5.74, 6) is 0.188. The van der Waals surface area contributed by atoms with Gasteiger partial charge in [0, 0.05) is 32.3 Å². The van der Waals surface area contributed by atoms with Gasteiger partial charge in [-0.15, -0.1) is 11.3 Å². The molecular formula is C29H22Cl2N2O4S. The number of hydrogen-bond acceptors (Lipinski definition) is 7. The Bertz CT molecular complexity index is 1620. The van der Waals surface area contributed by atoms with E-state index in [-0.39, 0.29) is 22.1 Å². The molecule has 0 amide bonds. The quantitative estimate of drug-likeness (QED) is 0.139. The highest BCUT2D eigenvalue weighted by Gasteiger charge is 2.33. The fourth-order valence-electron chi connectivity index (χ4n) is 4.32. The molecule has 2 heterocycles. The van der Waals surface area contributed by atoms with E-state index in [9.17, 15) is 10.1 Å². The Morgan fingerprint density at radius 3 is 2.74 bits per heavy atom. The molecule has 1 aliphatic heterocycles. The molecular weight excluding hydrogens is 543 g/mol. The van der Waals surface area contributed by atoms with E-state index in [4.69, 9.17) is 43.1 Å². The number of nitriles is 1. The highest BCUT2D eigenvalue weighted by Crippen LogP contribution is 2.46. The van der Waals surface area contributed by atoms with Gasteiger partial charge in [-0.3, -0.25) is 0 Å². The van der Waals surface area contributed by atoms with Crippen molar-refractivity contribution in [2.75, 3.05) is 6.61 Å². The van der Waals surface area contributed by atoms with Gasteiger partial charge in [0.2, 0.25) is 5.88 Å². The molecule has 1 aliphatic rings. The molecule has 2 N–H and O–H groups in total. The van der Waals surface area contributed by atoms with Gasteiger partial charge in [-0.2, -0.15) is 5.26 Å². The van der Waals surface area contributed by atoms with Crippen molar-refractivity contribution in [3.05, 3.63) is 98.2 Å². The Balaban J connectivity index is 1.48. The van der Waals surface area contributed by atoms with Gasteiger partial charge in [0.15, 0.2) is 0 Å². The zero-order valence-corrected chi connectivity index (χ0v) is 22.6. The minimum Gasteiger partial charge on any atom is -0.493 e. The summed E-state index contributed by atoms with van der Waals surface area (Å²) in [5, 5.41) is 11.5. The van der Waals surface area contributed by atoms with Crippen LogP contribution in [0.5, 0.6) is 17.2 Å². The number of benzene rings is 3. The van der Waals surface area contributed by atoms with Crippen LogP contribution in [0.4, 0.5) is 0 Å². The number of thiophene rings is 1. The summed E-state index contributed by atoms with van der Waals surface area (Å²) in [6, 6.07) is 20.0.